The summed E-state index contributed by atoms with van der Waals surface area (Å²) in [7, 11) is 0. The molecule has 1 heterocycles. The number of benzene rings is 2. The number of nitrogens with two attached hydrogens (primary N) is 1. The second-order valence-corrected chi connectivity index (χ2v) is 9.97. The average Bonchev–Trinajstić information content (AvgIpc) is 2.86. The highest BCUT2D eigenvalue weighted by atomic mass is 16.5. The number of esters is 1. The van der Waals surface area contributed by atoms with Crippen LogP contribution in [0.25, 0.3) is 11.1 Å². The van der Waals surface area contributed by atoms with Crippen molar-refractivity contribution in [1.29, 1.82) is 5.41 Å². The number of rotatable bonds is 6. The number of nitrogen functional groups attached to an aromatic ring is 1. The van der Waals surface area contributed by atoms with Crippen LogP contribution in [0.2, 0.25) is 0 Å². The number of piperidine rings is 1. The van der Waals surface area contributed by atoms with Crippen molar-refractivity contribution < 1.29 is 14.3 Å². The van der Waals surface area contributed by atoms with Crippen LogP contribution in [0.15, 0.2) is 48.5 Å². The van der Waals surface area contributed by atoms with Crippen LogP contribution < -0.4 is 5.73 Å². The maximum absolute atomic E-state index is 13.0. The molecule has 0 bridgehead atoms. The molecule has 0 radical (unpaired) electrons. The molecular weight excluding hydrogens is 438 g/mol. The number of nitrogens with zero attached hydrogens (tertiary/aromatic N) is 1. The number of amides is 1. The quantitative estimate of drug-likeness (QED) is 0.326. The van der Waals surface area contributed by atoms with Crippen LogP contribution in [-0.2, 0) is 9.53 Å². The molecule has 2 aromatic rings. The summed E-state index contributed by atoms with van der Waals surface area (Å²) in [5.74, 6) is 0.319. The lowest BCUT2D eigenvalue weighted by Crippen LogP contribution is -2.39. The molecule has 2 fully saturated rings. The number of hydrogen-bond donors (Lipinski definition) is 2. The Labute approximate surface area is 208 Å². The normalized spacial score (nSPS) is 17.9. The minimum absolute atomic E-state index is 0.0408. The smallest absolute Gasteiger partial charge is 0.306 e. The van der Waals surface area contributed by atoms with E-state index in [0.717, 1.165) is 49.7 Å². The molecule has 2 aliphatic rings. The fourth-order valence-electron chi connectivity index (χ4n) is 5.18. The Balaban J connectivity index is 1.24. The highest BCUT2D eigenvalue weighted by molar-refractivity contribution is 5.96. The Bertz CT molecular complexity index is 1000. The van der Waals surface area contributed by atoms with E-state index in [1.54, 1.807) is 0 Å². The lowest BCUT2D eigenvalue weighted by Gasteiger charge is -2.32. The fourth-order valence-corrected chi connectivity index (χ4v) is 5.18. The molecule has 0 aromatic heterocycles. The van der Waals surface area contributed by atoms with Crippen LogP contribution in [0, 0.1) is 11.3 Å². The molecule has 2 aromatic carbocycles. The first-order chi connectivity index (χ1) is 17.0. The van der Waals surface area contributed by atoms with Gasteiger partial charge in [0.1, 0.15) is 11.9 Å². The van der Waals surface area contributed by atoms with Crippen molar-refractivity contribution in [2.24, 2.45) is 11.7 Å². The van der Waals surface area contributed by atoms with E-state index in [2.05, 4.69) is 0 Å². The van der Waals surface area contributed by atoms with E-state index >= 15 is 0 Å². The number of carbonyl (C=O) groups excluding carboxylic acids is 2. The number of amidine groups is 1. The van der Waals surface area contributed by atoms with E-state index in [1.807, 2.05) is 53.4 Å². The Morgan fingerprint density at radius 2 is 1.31 bits per heavy atom. The van der Waals surface area contributed by atoms with Gasteiger partial charge in [0.2, 0.25) is 0 Å². The van der Waals surface area contributed by atoms with Crippen molar-refractivity contribution in [2.45, 2.75) is 70.3 Å². The maximum atomic E-state index is 13.0. The van der Waals surface area contributed by atoms with Gasteiger partial charge >= 0.3 is 5.97 Å². The molecule has 0 spiro atoms. The zero-order chi connectivity index (χ0) is 24.6. The van der Waals surface area contributed by atoms with Gasteiger partial charge in [-0.05, 0) is 67.7 Å². The van der Waals surface area contributed by atoms with Crippen molar-refractivity contribution in [3.63, 3.8) is 0 Å². The van der Waals surface area contributed by atoms with Gasteiger partial charge in [-0.25, -0.2) is 0 Å². The van der Waals surface area contributed by atoms with Crippen molar-refractivity contribution in [3.8, 4) is 11.1 Å². The molecule has 1 aliphatic heterocycles. The summed E-state index contributed by atoms with van der Waals surface area (Å²) in [5, 5.41) is 7.51. The maximum Gasteiger partial charge on any atom is 0.306 e. The lowest BCUT2D eigenvalue weighted by molar-refractivity contribution is -0.151. The van der Waals surface area contributed by atoms with Gasteiger partial charge in [0.05, 0.1) is 0 Å². The summed E-state index contributed by atoms with van der Waals surface area (Å²) < 4.78 is 5.80. The lowest BCUT2D eigenvalue weighted by atomic mass is 9.93. The largest absolute Gasteiger partial charge is 0.462 e. The molecule has 4 rings (SSSR count). The van der Waals surface area contributed by atoms with Gasteiger partial charge in [-0.1, -0.05) is 55.7 Å². The second-order valence-electron chi connectivity index (χ2n) is 9.97. The average molecular weight is 476 g/mol. The number of likely N-dealkylation sites (tertiary alicyclic amines) is 1. The summed E-state index contributed by atoms with van der Waals surface area (Å²) in [5.41, 5.74) is 8.92. The number of hydrogen-bond acceptors (Lipinski definition) is 4. The highest BCUT2D eigenvalue weighted by Crippen LogP contribution is 2.26. The first kappa shape index (κ1) is 25.0. The van der Waals surface area contributed by atoms with Crippen LogP contribution in [0.5, 0.6) is 0 Å². The van der Waals surface area contributed by atoms with E-state index in [1.165, 1.54) is 19.3 Å². The Kier molecular flexibility index (Phi) is 8.56. The van der Waals surface area contributed by atoms with Gasteiger partial charge in [0, 0.05) is 30.6 Å². The van der Waals surface area contributed by atoms with Gasteiger partial charge in [0.25, 0.3) is 5.91 Å². The SMILES string of the molecule is N=C(N)c1ccc(-c2ccc(C(=O)N3CCC(CC(=O)OC4CCCCCCC4)CC3)cc2)cc1. The van der Waals surface area contributed by atoms with Crippen LogP contribution in [-0.4, -0.2) is 41.8 Å². The number of ether oxygens (including phenoxy) is 1. The molecule has 0 unspecified atom stereocenters. The molecule has 1 amide bonds. The minimum Gasteiger partial charge on any atom is -0.462 e. The van der Waals surface area contributed by atoms with Crippen molar-refractivity contribution in [2.75, 3.05) is 13.1 Å². The van der Waals surface area contributed by atoms with Crippen LogP contribution in [0.1, 0.15) is 80.1 Å². The predicted octanol–water partition coefficient (Wildman–Crippen LogP) is 5.54. The summed E-state index contributed by atoms with van der Waals surface area (Å²) >= 11 is 0. The van der Waals surface area contributed by atoms with Gasteiger partial charge < -0.3 is 15.4 Å². The third-order valence-corrected chi connectivity index (χ3v) is 7.37. The first-order valence-corrected chi connectivity index (χ1v) is 13.0. The molecule has 35 heavy (non-hydrogen) atoms. The molecule has 1 saturated heterocycles. The Hall–Kier alpha value is -3.15. The van der Waals surface area contributed by atoms with Crippen LogP contribution >= 0.6 is 0 Å². The van der Waals surface area contributed by atoms with Gasteiger partial charge in [-0.2, -0.15) is 0 Å². The summed E-state index contributed by atoms with van der Waals surface area (Å²) in [6.07, 6.45) is 10.4. The molecular formula is C29H37N3O3. The zero-order valence-electron chi connectivity index (χ0n) is 20.5. The number of nitrogens with one attached hydrogen (secondary N) is 1. The minimum atomic E-state index is -0.0627. The van der Waals surface area contributed by atoms with Crippen molar-refractivity contribution >= 4 is 17.7 Å². The third-order valence-electron chi connectivity index (χ3n) is 7.37. The van der Waals surface area contributed by atoms with Crippen molar-refractivity contribution in [1.82, 2.24) is 4.90 Å². The summed E-state index contributed by atoms with van der Waals surface area (Å²) in [6.45, 7) is 1.35. The summed E-state index contributed by atoms with van der Waals surface area (Å²) in [6, 6.07) is 15.2. The second kappa shape index (κ2) is 12.0. The molecule has 0 atom stereocenters. The van der Waals surface area contributed by atoms with Gasteiger partial charge in [-0.15, -0.1) is 0 Å². The molecule has 1 aliphatic carbocycles. The first-order valence-electron chi connectivity index (χ1n) is 13.0. The monoisotopic (exact) mass is 475 g/mol. The molecule has 1 saturated carbocycles. The Morgan fingerprint density at radius 1 is 0.800 bits per heavy atom. The van der Waals surface area contributed by atoms with E-state index in [4.69, 9.17) is 15.9 Å². The Morgan fingerprint density at radius 3 is 1.86 bits per heavy atom. The van der Waals surface area contributed by atoms with Crippen LogP contribution in [0.4, 0.5) is 0 Å². The predicted molar refractivity (Wildman–Crippen MR) is 138 cm³/mol. The fraction of sp³-hybridized carbons (Fsp3) is 0.483. The number of carbonyl (C=O) groups is 2. The van der Waals surface area contributed by atoms with Gasteiger partial charge in [-0.3, -0.25) is 15.0 Å². The topological polar surface area (TPSA) is 96.5 Å². The molecule has 186 valence electrons. The zero-order valence-corrected chi connectivity index (χ0v) is 20.5. The molecule has 6 heteroatoms. The van der Waals surface area contributed by atoms with E-state index in [0.29, 0.717) is 36.6 Å². The van der Waals surface area contributed by atoms with E-state index in [9.17, 15) is 9.59 Å². The summed E-state index contributed by atoms with van der Waals surface area (Å²) in [4.78, 5) is 27.4. The highest BCUT2D eigenvalue weighted by Gasteiger charge is 2.26. The van der Waals surface area contributed by atoms with Gasteiger partial charge in [0.15, 0.2) is 0 Å². The van der Waals surface area contributed by atoms with E-state index < -0.39 is 0 Å². The molecule has 3 N–H and O–H groups in total. The van der Waals surface area contributed by atoms with Crippen molar-refractivity contribution in [3.05, 3.63) is 59.7 Å². The van der Waals surface area contributed by atoms with E-state index in [-0.39, 0.29) is 23.8 Å². The molecule has 6 nitrogen and oxygen atoms in total. The third kappa shape index (κ3) is 6.93. The standard InChI is InChI=1S/C29H37N3O3/c30-28(31)24-12-8-22(9-13-24)23-10-14-25(15-11-23)29(34)32-18-16-21(17-19-32)20-27(33)35-26-6-4-2-1-3-5-7-26/h8-15,21,26H,1-7,16-20H2,(H3,30,31). The van der Waals surface area contributed by atoms with Crippen LogP contribution in [0.3, 0.4) is 0 Å².